The molecule has 0 aliphatic heterocycles. The molecule has 3 rings (SSSR count). The number of rotatable bonds is 5. The highest BCUT2D eigenvalue weighted by Gasteiger charge is 2.17. The third kappa shape index (κ3) is 5.11. The van der Waals surface area contributed by atoms with Crippen LogP contribution in [0.2, 0.25) is 0 Å². The van der Waals surface area contributed by atoms with Gasteiger partial charge in [0.05, 0.1) is 18.5 Å². The van der Waals surface area contributed by atoms with Crippen molar-refractivity contribution in [2.45, 2.75) is 20.8 Å². The minimum absolute atomic E-state index is 0.261. The molecule has 150 valence electrons. The number of hydrogen-bond acceptors (Lipinski definition) is 5. The van der Waals surface area contributed by atoms with Gasteiger partial charge >= 0.3 is 6.03 Å². The van der Waals surface area contributed by atoms with Crippen LogP contribution in [0.1, 0.15) is 26.5 Å². The third-order valence-corrected chi connectivity index (χ3v) is 5.13. The van der Waals surface area contributed by atoms with Crippen LogP contribution < -0.4 is 20.7 Å². The molecule has 3 aromatic rings. The summed E-state index contributed by atoms with van der Waals surface area (Å²) in [6.07, 6.45) is 0. The average molecular weight is 410 g/mol. The van der Waals surface area contributed by atoms with Crippen LogP contribution in [-0.2, 0) is 0 Å². The van der Waals surface area contributed by atoms with E-state index in [0.717, 1.165) is 28.2 Å². The number of hydrogen-bond donors (Lipinski definition) is 3. The summed E-state index contributed by atoms with van der Waals surface area (Å²) in [7, 11) is 1.53. The van der Waals surface area contributed by atoms with Gasteiger partial charge in [-0.25, -0.2) is 9.78 Å². The predicted molar refractivity (Wildman–Crippen MR) is 116 cm³/mol. The van der Waals surface area contributed by atoms with Gasteiger partial charge in [-0.2, -0.15) is 0 Å². The number of amides is 3. The number of methoxy groups -OCH3 is 1. The quantitative estimate of drug-likeness (QED) is 0.553. The van der Waals surface area contributed by atoms with Crippen LogP contribution in [0.4, 0.5) is 21.3 Å². The maximum absolute atomic E-state index is 12.6. The largest absolute Gasteiger partial charge is 0.495 e. The molecule has 0 atom stereocenters. The molecule has 2 aromatic carbocycles. The highest BCUT2D eigenvalue weighted by molar-refractivity contribution is 7.17. The predicted octanol–water partition coefficient (Wildman–Crippen LogP) is 4.97. The van der Waals surface area contributed by atoms with E-state index in [1.54, 1.807) is 25.1 Å². The van der Waals surface area contributed by atoms with E-state index < -0.39 is 6.03 Å². The summed E-state index contributed by atoms with van der Waals surface area (Å²) >= 11 is 1.12. The molecular formula is C21H22N4O3S. The number of urea groups is 1. The Kier molecular flexibility index (Phi) is 6.13. The van der Waals surface area contributed by atoms with Gasteiger partial charge in [-0.05, 0) is 56.2 Å². The molecule has 3 N–H and O–H groups in total. The summed E-state index contributed by atoms with van der Waals surface area (Å²) in [4.78, 5) is 29.7. The topological polar surface area (TPSA) is 92.3 Å². The van der Waals surface area contributed by atoms with Crippen molar-refractivity contribution < 1.29 is 14.3 Å². The van der Waals surface area contributed by atoms with Crippen LogP contribution in [0, 0.1) is 20.8 Å². The van der Waals surface area contributed by atoms with Crippen molar-refractivity contribution in [3.8, 4) is 5.75 Å². The summed E-state index contributed by atoms with van der Waals surface area (Å²) < 4.78 is 5.22. The van der Waals surface area contributed by atoms with E-state index >= 15 is 0 Å². The molecule has 8 heteroatoms. The Morgan fingerprint density at radius 3 is 2.34 bits per heavy atom. The molecule has 0 saturated heterocycles. The Morgan fingerprint density at radius 2 is 1.66 bits per heavy atom. The molecule has 0 radical (unpaired) electrons. The maximum atomic E-state index is 12.6. The number of benzene rings is 2. The Labute approximate surface area is 173 Å². The fourth-order valence-electron chi connectivity index (χ4n) is 2.89. The molecule has 0 unspecified atom stereocenters. The van der Waals surface area contributed by atoms with Gasteiger partial charge in [-0.15, -0.1) is 0 Å². The maximum Gasteiger partial charge on any atom is 0.325 e. The lowest BCUT2D eigenvalue weighted by Crippen LogP contribution is -2.19. The van der Waals surface area contributed by atoms with E-state index in [0.29, 0.717) is 27.1 Å². The Balaban J connectivity index is 1.69. The summed E-state index contributed by atoms with van der Waals surface area (Å²) in [6.45, 7) is 5.68. The van der Waals surface area contributed by atoms with Crippen molar-refractivity contribution in [1.29, 1.82) is 0 Å². The van der Waals surface area contributed by atoms with Gasteiger partial charge in [0.15, 0.2) is 5.13 Å². The standard InChI is InChI=1S/C21H22N4O3S/c1-12-9-13(2)11-15(10-12)23-19(26)18-14(3)22-21(29-18)25-20(27)24-16-7-5-6-8-17(16)28-4/h5-11H,1-4H3,(H,23,26)(H2,22,24,25,27). The lowest BCUT2D eigenvalue weighted by molar-refractivity contribution is 0.103. The monoisotopic (exact) mass is 410 g/mol. The lowest BCUT2D eigenvalue weighted by atomic mass is 10.1. The van der Waals surface area contributed by atoms with Crippen molar-refractivity contribution in [1.82, 2.24) is 4.98 Å². The second-order valence-corrected chi connectivity index (χ2v) is 7.54. The Bertz CT molecular complexity index is 1040. The molecule has 29 heavy (non-hydrogen) atoms. The number of carbonyl (C=O) groups excluding carboxylic acids is 2. The van der Waals surface area contributed by atoms with Crippen molar-refractivity contribution in [2.75, 3.05) is 23.1 Å². The van der Waals surface area contributed by atoms with Gasteiger partial charge in [0.2, 0.25) is 0 Å². The molecule has 1 heterocycles. The molecule has 1 aromatic heterocycles. The zero-order valence-corrected chi connectivity index (χ0v) is 17.4. The van der Waals surface area contributed by atoms with Gasteiger partial charge in [0.1, 0.15) is 10.6 Å². The molecule has 0 aliphatic carbocycles. The van der Waals surface area contributed by atoms with Crippen LogP contribution in [0.5, 0.6) is 5.75 Å². The number of nitrogens with zero attached hydrogens (tertiary/aromatic N) is 1. The number of nitrogens with one attached hydrogen (secondary N) is 3. The summed E-state index contributed by atoms with van der Waals surface area (Å²) in [5.74, 6) is 0.287. The van der Waals surface area contributed by atoms with E-state index in [2.05, 4.69) is 20.9 Å². The number of aryl methyl sites for hydroxylation is 3. The minimum atomic E-state index is -0.468. The molecule has 0 saturated carbocycles. The zero-order chi connectivity index (χ0) is 21.0. The SMILES string of the molecule is COc1ccccc1NC(=O)Nc1nc(C)c(C(=O)Nc2cc(C)cc(C)c2)s1. The van der Waals surface area contributed by atoms with Gasteiger partial charge in [-0.1, -0.05) is 29.5 Å². The highest BCUT2D eigenvalue weighted by atomic mass is 32.1. The second kappa shape index (κ2) is 8.74. The molecule has 0 aliphatic rings. The molecule has 0 fully saturated rings. The molecular weight excluding hydrogens is 388 g/mol. The smallest absolute Gasteiger partial charge is 0.325 e. The number of para-hydroxylation sites is 2. The van der Waals surface area contributed by atoms with E-state index in [4.69, 9.17) is 4.74 Å². The van der Waals surface area contributed by atoms with Gasteiger partial charge in [0.25, 0.3) is 5.91 Å². The lowest BCUT2D eigenvalue weighted by Gasteiger charge is -2.09. The molecule has 7 nitrogen and oxygen atoms in total. The second-order valence-electron chi connectivity index (χ2n) is 6.54. The minimum Gasteiger partial charge on any atom is -0.495 e. The number of thiazole rings is 1. The summed E-state index contributed by atoms with van der Waals surface area (Å²) in [6, 6.07) is 12.5. The van der Waals surface area contributed by atoms with Crippen LogP contribution in [0.25, 0.3) is 0 Å². The van der Waals surface area contributed by atoms with Crippen LogP contribution in [-0.4, -0.2) is 24.0 Å². The van der Waals surface area contributed by atoms with Crippen molar-refractivity contribution in [3.05, 3.63) is 64.2 Å². The molecule has 0 bridgehead atoms. The van der Waals surface area contributed by atoms with Crippen LogP contribution in [0.15, 0.2) is 42.5 Å². The number of carbonyl (C=O) groups is 2. The highest BCUT2D eigenvalue weighted by Crippen LogP contribution is 2.26. The Hall–Kier alpha value is -3.39. The Morgan fingerprint density at radius 1 is 0.966 bits per heavy atom. The number of aromatic nitrogens is 1. The third-order valence-electron chi connectivity index (χ3n) is 4.06. The fraction of sp³-hybridized carbons (Fsp3) is 0.190. The first-order chi connectivity index (χ1) is 13.9. The first-order valence-electron chi connectivity index (χ1n) is 8.94. The summed E-state index contributed by atoms with van der Waals surface area (Å²) in [5.41, 5.74) is 3.94. The van der Waals surface area contributed by atoms with Crippen LogP contribution >= 0.6 is 11.3 Å². The van der Waals surface area contributed by atoms with E-state index in [-0.39, 0.29) is 5.91 Å². The van der Waals surface area contributed by atoms with E-state index in [1.165, 1.54) is 7.11 Å². The number of ether oxygens (including phenoxy) is 1. The first-order valence-corrected chi connectivity index (χ1v) is 9.75. The van der Waals surface area contributed by atoms with E-state index in [9.17, 15) is 9.59 Å². The van der Waals surface area contributed by atoms with Gasteiger partial charge < -0.3 is 15.4 Å². The van der Waals surface area contributed by atoms with Gasteiger partial charge in [-0.3, -0.25) is 10.1 Å². The van der Waals surface area contributed by atoms with Crippen molar-refractivity contribution in [2.24, 2.45) is 0 Å². The normalized spacial score (nSPS) is 10.3. The molecule has 0 spiro atoms. The average Bonchev–Trinajstić information content (AvgIpc) is 3.01. The zero-order valence-electron chi connectivity index (χ0n) is 16.6. The van der Waals surface area contributed by atoms with Gasteiger partial charge in [0, 0.05) is 5.69 Å². The van der Waals surface area contributed by atoms with Crippen LogP contribution in [0.3, 0.4) is 0 Å². The molecule has 3 amide bonds. The summed E-state index contributed by atoms with van der Waals surface area (Å²) in [5, 5.41) is 8.60. The fourth-order valence-corrected chi connectivity index (χ4v) is 3.75. The van der Waals surface area contributed by atoms with Crippen molar-refractivity contribution >= 4 is 39.8 Å². The number of anilines is 3. The van der Waals surface area contributed by atoms with Crippen molar-refractivity contribution in [3.63, 3.8) is 0 Å². The first kappa shape index (κ1) is 20.3. The van der Waals surface area contributed by atoms with E-state index in [1.807, 2.05) is 38.1 Å².